The van der Waals surface area contributed by atoms with Crippen LogP contribution in [-0.2, 0) is 11.3 Å². The third-order valence-corrected chi connectivity index (χ3v) is 3.51. The van der Waals surface area contributed by atoms with Crippen LogP contribution in [0.25, 0.3) is 0 Å². The Hall–Kier alpha value is -2.22. The van der Waals surface area contributed by atoms with E-state index in [1.807, 2.05) is 18.2 Å². The van der Waals surface area contributed by atoms with Crippen molar-refractivity contribution in [2.45, 2.75) is 19.4 Å². The van der Waals surface area contributed by atoms with Gasteiger partial charge in [0.05, 0.1) is 12.0 Å². The molecule has 1 fully saturated rings. The van der Waals surface area contributed by atoms with Crippen LogP contribution in [0.3, 0.4) is 0 Å². The molecule has 0 spiro atoms. The molecule has 0 aliphatic carbocycles. The third-order valence-electron chi connectivity index (χ3n) is 3.51. The first kappa shape index (κ1) is 11.8. The Kier molecular flexibility index (Phi) is 3.00. The first-order valence-electron chi connectivity index (χ1n) is 6.32. The van der Waals surface area contributed by atoms with Gasteiger partial charge in [0.25, 0.3) is 0 Å². The van der Waals surface area contributed by atoms with Gasteiger partial charge in [0.1, 0.15) is 0 Å². The van der Waals surface area contributed by atoms with Gasteiger partial charge in [-0.25, -0.2) is 0 Å². The Morgan fingerprint density at radius 2 is 2.21 bits per heavy atom. The number of amides is 1. The maximum Gasteiger partial charge on any atom is 0.231 e. The molecular weight excluding hydrogens is 244 g/mol. The molecule has 0 radical (unpaired) electrons. The van der Waals surface area contributed by atoms with Gasteiger partial charge < -0.3 is 14.4 Å². The van der Waals surface area contributed by atoms with E-state index >= 15 is 0 Å². The van der Waals surface area contributed by atoms with Crippen LogP contribution in [0, 0.1) is 17.2 Å². The fourth-order valence-corrected chi connectivity index (χ4v) is 2.42. The van der Waals surface area contributed by atoms with Crippen LogP contribution in [-0.4, -0.2) is 24.1 Å². The second-order valence-electron chi connectivity index (χ2n) is 4.82. The normalized spacial score (nSPS) is 21.3. The fraction of sp³-hybridized carbons (Fsp3) is 0.429. The lowest BCUT2D eigenvalue weighted by molar-refractivity contribution is -0.134. The summed E-state index contributed by atoms with van der Waals surface area (Å²) in [5.74, 6) is 1.41. The predicted octanol–water partition coefficient (Wildman–Crippen LogP) is 1.68. The van der Waals surface area contributed by atoms with E-state index in [1.54, 1.807) is 4.90 Å². The van der Waals surface area contributed by atoms with Crippen LogP contribution in [0.4, 0.5) is 0 Å². The molecule has 1 saturated heterocycles. The minimum absolute atomic E-state index is 0.0514. The summed E-state index contributed by atoms with van der Waals surface area (Å²) < 4.78 is 10.6. The summed E-state index contributed by atoms with van der Waals surface area (Å²) in [6, 6.07) is 7.88. The largest absolute Gasteiger partial charge is 0.454 e. The SMILES string of the molecule is N#CC1CCN(Cc2ccc3c(c2)OCO3)C(=O)C1. The molecule has 1 aromatic carbocycles. The number of ether oxygens (including phenoxy) is 2. The monoisotopic (exact) mass is 258 g/mol. The zero-order valence-corrected chi connectivity index (χ0v) is 10.5. The lowest BCUT2D eigenvalue weighted by Crippen LogP contribution is -2.37. The molecule has 1 aromatic rings. The van der Waals surface area contributed by atoms with Crippen molar-refractivity contribution in [3.8, 4) is 17.6 Å². The van der Waals surface area contributed by atoms with Crippen molar-refractivity contribution in [1.82, 2.24) is 4.90 Å². The van der Waals surface area contributed by atoms with Crippen LogP contribution >= 0.6 is 0 Å². The second-order valence-corrected chi connectivity index (χ2v) is 4.82. The first-order chi connectivity index (χ1) is 9.26. The van der Waals surface area contributed by atoms with Crippen molar-refractivity contribution in [2.24, 2.45) is 5.92 Å². The van der Waals surface area contributed by atoms with Crippen molar-refractivity contribution >= 4 is 5.91 Å². The average molecular weight is 258 g/mol. The van der Waals surface area contributed by atoms with E-state index in [4.69, 9.17) is 14.7 Å². The fourth-order valence-electron chi connectivity index (χ4n) is 2.42. The zero-order valence-electron chi connectivity index (χ0n) is 10.5. The molecular formula is C14H14N2O3. The highest BCUT2D eigenvalue weighted by Crippen LogP contribution is 2.33. The van der Waals surface area contributed by atoms with Gasteiger partial charge >= 0.3 is 0 Å². The standard InChI is InChI=1S/C14H14N2O3/c15-7-10-3-4-16(14(17)6-10)8-11-1-2-12-13(5-11)19-9-18-12/h1-2,5,10H,3-4,6,8-9H2. The smallest absolute Gasteiger partial charge is 0.231 e. The summed E-state index contributed by atoms with van der Waals surface area (Å²) >= 11 is 0. The number of carbonyl (C=O) groups excluding carboxylic acids is 1. The van der Waals surface area contributed by atoms with Crippen LogP contribution in [0.2, 0.25) is 0 Å². The molecule has 2 aliphatic rings. The number of hydrogen-bond acceptors (Lipinski definition) is 4. The zero-order chi connectivity index (χ0) is 13.2. The van der Waals surface area contributed by atoms with Gasteiger partial charge in [0.15, 0.2) is 11.5 Å². The van der Waals surface area contributed by atoms with E-state index in [9.17, 15) is 4.79 Å². The number of rotatable bonds is 2. The van der Waals surface area contributed by atoms with Crippen LogP contribution in [0.5, 0.6) is 11.5 Å². The quantitative estimate of drug-likeness (QED) is 0.809. The topological polar surface area (TPSA) is 62.6 Å². The van der Waals surface area contributed by atoms with Gasteiger partial charge in [-0.15, -0.1) is 0 Å². The Bertz CT molecular complexity index is 550. The van der Waals surface area contributed by atoms with E-state index in [0.29, 0.717) is 19.5 Å². The molecule has 0 N–H and O–H groups in total. The van der Waals surface area contributed by atoms with Gasteiger partial charge in [-0.2, -0.15) is 5.26 Å². The summed E-state index contributed by atoms with van der Waals surface area (Å²) in [5.41, 5.74) is 1.02. The number of nitriles is 1. The number of nitrogens with zero attached hydrogens (tertiary/aromatic N) is 2. The highest BCUT2D eigenvalue weighted by Gasteiger charge is 2.26. The molecule has 5 nitrogen and oxygen atoms in total. The van der Waals surface area contributed by atoms with Gasteiger partial charge in [-0.1, -0.05) is 6.07 Å². The number of fused-ring (bicyclic) bond motifs is 1. The molecule has 2 heterocycles. The summed E-state index contributed by atoms with van der Waals surface area (Å²) in [5, 5.41) is 8.84. The number of benzene rings is 1. The first-order valence-corrected chi connectivity index (χ1v) is 6.32. The molecule has 19 heavy (non-hydrogen) atoms. The lowest BCUT2D eigenvalue weighted by Gasteiger charge is -2.29. The average Bonchev–Trinajstić information content (AvgIpc) is 2.88. The molecule has 3 rings (SSSR count). The summed E-state index contributed by atoms with van der Waals surface area (Å²) in [6.45, 7) is 1.46. The van der Waals surface area contributed by atoms with E-state index < -0.39 is 0 Å². The Morgan fingerprint density at radius 3 is 3.00 bits per heavy atom. The highest BCUT2D eigenvalue weighted by molar-refractivity contribution is 5.77. The predicted molar refractivity (Wildman–Crippen MR) is 66.3 cm³/mol. The number of carbonyl (C=O) groups is 1. The minimum atomic E-state index is -0.125. The van der Waals surface area contributed by atoms with Gasteiger partial charge in [-0.05, 0) is 24.1 Å². The highest BCUT2D eigenvalue weighted by atomic mass is 16.7. The van der Waals surface area contributed by atoms with Gasteiger partial charge in [0, 0.05) is 19.5 Å². The van der Waals surface area contributed by atoms with E-state index in [0.717, 1.165) is 23.5 Å². The maximum absolute atomic E-state index is 11.9. The summed E-state index contributed by atoms with van der Waals surface area (Å²) in [7, 11) is 0. The van der Waals surface area contributed by atoms with Crippen LogP contribution < -0.4 is 9.47 Å². The molecule has 2 aliphatic heterocycles. The molecule has 0 saturated carbocycles. The Morgan fingerprint density at radius 1 is 1.37 bits per heavy atom. The third kappa shape index (κ3) is 2.34. The molecule has 1 unspecified atom stereocenters. The minimum Gasteiger partial charge on any atom is -0.454 e. The van der Waals surface area contributed by atoms with Crippen molar-refractivity contribution in [3.63, 3.8) is 0 Å². The maximum atomic E-state index is 11.9. The Labute approximate surface area is 111 Å². The van der Waals surface area contributed by atoms with Crippen molar-refractivity contribution in [2.75, 3.05) is 13.3 Å². The van der Waals surface area contributed by atoms with Crippen molar-refractivity contribution < 1.29 is 14.3 Å². The van der Waals surface area contributed by atoms with Crippen LogP contribution in [0.1, 0.15) is 18.4 Å². The number of likely N-dealkylation sites (tertiary alicyclic amines) is 1. The molecule has 0 aromatic heterocycles. The van der Waals surface area contributed by atoms with Crippen LogP contribution in [0.15, 0.2) is 18.2 Å². The summed E-state index contributed by atoms with van der Waals surface area (Å²) in [4.78, 5) is 13.7. The molecule has 5 heteroatoms. The van der Waals surface area contributed by atoms with Crippen molar-refractivity contribution in [3.05, 3.63) is 23.8 Å². The van der Waals surface area contributed by atoms with Gasteiger partial charge in [-0.3, -0.25) is 4.79 Å². The van der Waals surface area contributed by atoms with E-state index in [-0.39, 0.29) is 18.6 Å². The number of hydrogen-bond donors (Lipinski definition) is 0. The lowest BCUT2D eigenvalue weighted by atomic mass is 9.97. The second kappa shape index (κ2) is 4.81. The van der Waals surface area contributed by atoms with E-state index in [1.165, 1.54) is 0 Å². The number of piperidine rings is 1. The van der Waals surface area contributed by atoms with Crippen molar-refractivity contribution in [1.29, 1.82) is 5.26 Å². The molecule has 1 amide bonds. The molecule has 98 valence electrons. The molecule has 1 atom stereocenters. The van der Waals surface area contributed by atoms with Gasteiger partial charge in [0.2, 0.25) is 12.7 Å². The van der Waals surface area contributed by atoms with E-state index in [2.05, 4.69) is 6.07 Å². The Balaban J connectivity index is 1.69. The molecule has 0 bridgehead atoms. The summed E-state index contributed by atoms with van der Waals surface area (Å²) in [6.07, 6.45) is 1.09.